The van der Waals surface area contributed by atoms with E-state index in [1.165, 1.54) is 13.2 Å². The molecule has 0 unspecified atom stereocenters. The summed E-state index contributed by atoms with van der Waals surface area (Å²) in [6.07, 6.45) is 0.456. The van der Waals surface area contributed by atoms with E-state index in [4.69, 9.17) is 9.88 Å². The van der Waals surface area contributed by atoms with Crippen molar-refractivity contribution < 1.29 is 17.9 Å². The number of aryl methyl sites for hydroxylation is 1. The number of hydrogen-bond acceptors (Lipinski definition) is 4. The molecule has 2 N–H and O–H groups in total. The molecular formula is C9H11NO4S. The lowest BCUT2D eigenvalue weighted by Crippen LogP contribution is -2.16. The van der Waals surface area contributed by atoms with Crippen molar-refractivity contribution in [1.82, 2.24) is 0 Å². The Labute approximate surface area is 87.9 Å². The quantitative estimate of drug-likeness (QED) is 0.763. The van der Waals surface area contributed by atoms with Crippen LogP contribution < -0.4 is 9.88 Å². The predicted molar refractivity (Wildman–Crippen MR) is 54.5 cm³/mol. The zero-order chi connectivity index (χ0) is 11.6. The van der Waals surface area contributed by atoms with Gasteiger partial charge in [0.1, 0.15) is 10.6 Å². The maximum atomic E-state index is 11.3. The molecule has 0 radical (unpaired) electrons. The minimum Gasteiger partial charge on any atom is -0.495 e. The van der Waals surface area contributed by atoms with Crippen LogP contribution in [0.15, 0.2) is 17.0 Å². The van der Waals surface area contributed by atoms with Crippen LogP contribution in [0.2, 0.25) is 0 Å². The molecule has 0 aliphatic rings. The molecule has 1 rings (SSSR count). The molecule has 0 saturated carbocycles. The van der Waals surface area contributed by atoms with Gasteiger partial charge >= 0.3 is 0 Å². The number of aldehydes is 1. The normalized spacial score (nSPS) is 11.1. The summed E-state index contributed by atoms with van der Waals surface area (Å²) in [6.45, 7) is 1.62. The van der Waals surface area contributed by atoms with Gasteiger partial charge in [-0.15, -0.1) is 0 Å². The van der Waals surface area contributed by atoms with E-state index in [-0.39, 0.29) is 16.2 Å². The monoisotopic (exact) mass is 229 g/mol. The molecule has 0 aromatic heterocycles. The molecule has 0 aliphatic heterocycles. The third kappa shape index (κ3) is 2.16. The van der Waals surface area contributed by atoms with Crippen LogP contribution in [0.5, 0.6) is 5.75 Å². The number of sulfonamides is 1. The van der Waals surface area contributed by atoms with E-state index in [2.05, 4.69) is 0 Å². The summed E-state index contributed by atoms with van der Waals surface area (Å²) in [4.78, 5) is 10.5. The molecule has 0 aliphatic carbocycles. The molecule has 0 saturated heterocycles. The first-order chi connectivity index (χ1) is 6.91. The molecule has 0 amide bonds. The maximum absolute atomic E-state index is 11.3. The minimum atomic E-state index is -3.97. The first-order valence-corrected chi connectivity index (χ1v) is 5.62. The third-order valence-electron chi connectivity index (χ3n) is 2.00. The summed E-state index contributed by atoms with van der Waals surface area (Å²) in [5, 5.41) is 5.01. The van der Waals surface area contributed by atoms with Gasteiger partial charge in [-0.2, -0.15) is 0 Å². The molecule has 15 heavy (non-hydrogen) atoms. The Balaban J connectivity index is 3.70. The topological polar surface area (TPSA) is 86.5 Å². The van der Waals surface area contributed by atoms with E-state index in [0.29, 0.717) is 11.8 Å². The van der Waals surface area contributed by atoms with Crippen molar-refractivity contribution in [2.24, 2.45) is 5.14 Å². The van der Waals surface area contributed by atoms with Crippen molar-refractivity contribution in [1.29, 1.82) is 0 Å². The Hall–Kier alpha value is -1.40. The summed E-state index contributed by atoms with van der Waals surface area (Å²) in [7, 11) is -2.65. The molecule has 0 atom stereocenters. The van der Waals surface area contributed by atoms with Crippen LogP contribution in [0, 0.1) is 6.92 Å². The van der Waals surface area contributed by atoms with Crippen molar-refractivity contribution in [2.45, 2.75) is 11.8 Å². The van der Waals surface area contributed by atoms with Crippen LogP contribution in [0.1, 0.15) is 15.9 Å². The Morgan fingerprint density at radius 3 is 2.40 bits per heavy atom. The number of rotatable bonds is 3. The number of primary sulfonamides is 1. The van der Waals surface area contributed by atoms with Gasteiger partial charge < -0.3 is 4.74 Å². The van der Waals surface area contributed by atoms with E-state index < -0.39 is 10.0 Å². The summed E-state index contributed by atoms with van der Waals surface area (Å²) in [5.74, 6) is 0.0743. The van der Waals surface area contributed by atoms with Gasteiger partial charge in [0, 0.05) is 5.56 Å². The lowest BCUT2D eigenvalue weighted by Gasteiger charge is -2.10. The summed E-state index contributed by atoms with van der Waals surface area (Å²) >= 11 is 0. The van der Waals surface area contributed by atoms with Crippen LogP contribution in [0.3, 0.4) is 0 Å². The van der Waals surface area contributed by atoms with E-state index in [0.717, 1.165) is 0 Å². The Bertz CT molecular complexity index is 493. The first kappa shape index (κ1) is 11.7. The lowest BCUT2D eigenvalue weighted by atomic mass is 10.1. The number of methoxy groups -OCH3 is 1. The van der Waals surface area contributed by atoms with Crippen molar-refractivity contribution in [3.63, 3.8) is 0 Å². The molecule has 1 aromatic rings. The molecule has 0 spiro atoms. The van der Waals surface area contributed by atoms with Gasteiger partial charge in [-0.3, -0.25) is 4.79 Å². The second kappa shape index (κ2) is 4.00. The molecule has 0 fully saturated rings. The SMILES string of the molecule is COc1ccc(C)c(C=O)c1S(N)(=O)=O. The summed E-state index contributed by atoms with van der Waals surface area (Å²) in [6, 6.07) is 3.05. The van der Waals surface area contributed by atoms with E-state index in [1.54, 1.807) is 13.0 Å². The Kier molecular flexibility index (Phi) is 3.11. The fourth-order valence-corrected chi connectivity index (χ4v) is 2.23. The van der Waals surface area contributed by atoms with Crippen LogP contribution in [-0.4, -0.2) is 21.8 Å². The maximum Gasteiger partial charge on any atom is 0.242 e. The molecular weight excluding hydrogens is 218 g/mol. The first-order valence-electron chi connectivity index (χ1n) is 4.07. The zero-order valence-corrected chi connectivity index (χ0v) is 9.17. The second-order valence-corrected chi connectivity index (χ2v) is 4.49. The summed E-state index contributed by atoms with van der Waals surface area (Å²) in [5.41, 5.74) is 0.576. The molecule has 5 nitrogen and oxygen atoms in total. The minimum absolute atomic E-state index is 0.0388. The average Bonchev–Trinajstić information content (AvgIpc) is 2.15. The second-order valence-electron chi connectivity index (χ2n) is 2.99. The number of hydrogen-bond donors (Lipinski definition) is 1. The average molecular weight is 229 g/mol. The van der Waals surface area contributed by atoms with Gasteiger partial charge in [-0.05, 0) is 18.6 Å². The smallest absolute Gasteiger partial charge is 0.242 e. The Morgan fingerprint density at radius 2 is 2.00 bits per heavy atom. The van der Waals surface area contributed by atoms with E-state index in [9.17, 15) is 13.2 Å². The molecule has 6 heteroatoms. The van der Waals surface area contributed by atoms with Gasteiger partial charge in [-0.25, -0.2) is 13.6 Å². The van der Waals surface area contributed by atoms with E-state index >= 15 is 0 Å². The standard InChI is InChI=1S/C9H11NO4S/c1-6-3-4-8(14-2)9(7(6)5-11)15(10,12)13/h3-5H,1-2H3,(H2,10,12,13). The highest BCUT2D eigenvalue weighted by atomic mass is 32.2. The van der Waals surface area contributed by atoms with Gasteiger partial charge in [0.15, 0.2) is 6.29 Å². The zero-order valence-electron chi connectivity index (χ0n) is 8.35. The number of carbonyl (C=O) groups excluding carboxylic acids is 1. The third-order valence-corrected chi connectivity index (χ3v) is 2.99. The van der Waals surface area contributed by atoms with E-state index in [1.807, 2.05) is 0 Å². The fourth-order valence-electron chi connectivity index (χ4n) is 1.28. The molecule has 82 valence electrons. The lowest BCUT2D eigenvalue weighted by molar-refractivity contribution is 0.111. The van der Waals surface area contributed by atoms with Crippen LogP contribution in [0.4, 0.5) is 0 Å². The number of ether oxygens (including phenoxy) is 1. The predicted octanol–water partition coefficient (Wildman–Crippen LogP) is 0.464. The highest BCUT2D eigenvalue weighted by Gasteiger charge is 2.21. The van der Waals surface area contributed by atoms with Crippen molar-refractivity contribution in [2.75, 3.05) is 7.11 Å². The van der Waals surface area contributed by atoms with Crippen LogP contribution in [-0.2, 0) is 10.0 Å². The highest BCUT2D eigenvalue weighted by molar-refractivity contribution is 7.89. The number of benzene rings is 1. The largest absolute Gasteiger partial charge is 0.495 e. The van der Waals surface area contributed by atoms with Crippen molar-refractivity contribution in [3.05, 3.63) is 23.3 Å². The van der Waals surface area contributed by atoms with Gasteiger partial charge in [0.05, 0.1) is 7.11 Å². The van der Waals surface area contributed by atoms with Gasteiger partial charge in [0.25, 0.3) is 0 Å². The molecule has 0 heterocycles. The molecule has 0 bridgehead atoms. The molecule has 1 aromatic carbocycles. The number of nitrogens with two attached hydrogens (primary N) is 1. The van der Waals surface area contributed by atoms with Crippen LogP contribution in [0.25, 0.3) is 0 Å². The van der Waals surface area contributed by atoms with Gasteiger partial charge in [-0.1, -0.05) is 6.07 Å². The highest BCUT2D eigenvalue weighted by Crippen LogP contribution is 2.27. The van der Waals surface area contributed by atoms with Gasteiger partial charge in [0.2, 0.25) is 10.0 Å². The van der Waals surface area contributed by atoms with Crippen molar-refractivity contribution >= 4 is 16.3 Å². The summed E-state index contributed by atoms with van der Waals surface area (Å²) < 4.78 is 27.4. The van der Waals surface area contributed by atoms with Crippen molar-refractivity contribution in [3.8, 4) is 5.75 Å². The number of carbonyl (C=O) groups is 1. The van der Waals surface area contributed by atoms with Crippen LogP contribution >= 0.6 is 0 Å². The Morgan fingerprint density at radius 1 is 1.40 bits per heavy atom. The fraction of sp³-hybridized carbons (Fsp3) is 0.222.